The van der Waals surface area contributed by atoms with Crippen molar-refractivity contribution in [1.29, 1.82) is 0 Å². The van der Waals surface area contributed by atoms with Crippen LogP contribution in [-0.4, -0.2) is 22.8 Å². The maximum atomic E-state index is 6.12. The molecule has 2 fully saturated rings. The summed E-state index contributed by atoms with van der Waals surface area (Å²) < 4.78 is 11.7. The van der Waals surface area contributed by atoms with Gasteiger partial charge in [0.25, 0.3) is 0 Å². The molecule has 2 aliphatic rings. The van der Waals surface area contributed by atoms with E-state index in [0.29, 0.717) is 12.5 Å². The van der Waals surface area contributed by atoms with E-state index >= 15 is 0 Å². The number of aromatic nitrogens is 2. The van der Waals surface area contributed by atoms with Gasteiger partial charge in [0.15, 0.2) is 0 Å². The highest BCUT2D eigenvalue weighted by atomic mass is 16.5. The highest BCUT2D eigenvalue weighted by molar-refractivity contribution is 5.06. The third-order valence-corrected chi connectivity index (χ3v) is 5.00. The standard InChI is InChI=1S/C16H27N3O2/c1-2-20-16(9-5-3-4-6-10-16)15-18-14(21-19-15)12-7-8-13(17)11-12/h12-13H,2-11,17H2,1H3. The smallest absolute Gasteiger partial charge is 0.229 e. The number of nitrogens with zero attached hydrogens (tertiary/aromatic N) is 2. The number of rotatable bonds is 4. The lowest BCUT2D eigenvalue weighted by Gasteiger charge is -2.29. The van der Waals surface area contributed by atoms with Gasteiger partial charge in [-0.15, -0.1) is 0 Å². The lowest BCUT2D eigenvalue weighted by Crippen LogP contribution is -2.30. The van der Waals surface area contributed by atoms with Gasteiger partial charge in [0.05, 0.1) is 0 Å². The first kappa shape index (κ1) is 15.0. The molecule has 2 aliphatic carbocycles. The molecule has 2 unspecified atom stereocenters. The Kier molecular flexibility index (Phi) is 4.60. The Bertz CT molecular complexity index is 452. The summed E-state index contributed by atoms with van der Waals surface area (Å²) in [5, 5.41) is 4.29. The monoisotopic (exact) mass is 293 g/mol. The molecule has 2 saturated carbocycles. The van der Waals surface area contributed by atoms with Crippen molar-refractivity contribution < 1.29 is 9.26 Å². The average molecular weight is 293 g/mol. The van der Waals surface area contributed by atoms with Gasteiger partial charge in [-0.1, -0.05) is 30.8 Å². The van der Waals surface area contributed by atoms with E-state index < -0.39 is 0 Å². The van der Waals surface area contributed by atoms with Crippen molar-refractivity contribution in [3.63, 3.8) is 0 Å². The fourth-order valence-corrected chi connectivity index (χ4v) is 3.84. The zero-order valence-corrected chi connectivity index (χ0v) is 13.0. The van der Waals surface area contributed by atoms with Crippen molar-refractivity contribution >= 4 is 0 Å². The predicted molar refractivity (Wildman–Crippen MR) is 79.9 cm³/mol. The summed E-state index contributed by atoms with van der Waals surface area (Å²) in [5.41, 5.74) is 5.67. The molecule has 0 radical (unpaired) electrons. The fourth-order valence-electron chi connectivity index (χ4n) is 3.84. The Morgan fingerprint density at radius 2 is 2.00 bits per heavy atom. The summed E-state index contributed by atoms with van der Waals surface area (Å²) in [7, 11) is 0. The number of hydrogen-bond donors (Lipinski definition) is 1. The first-order chi connectivity index (χ1) is 10.2. The molecule has 5 heteroatoms. The third kappa shape index (κ3) is 3.14. The van der Waals surface area contributed by atoms with Gasteiger partial charge in [0.2, 0.25) is 11.7 Å². The Balaban J connectivity index is 1.81. The molecule has 0 bridgehead atoms. The van der Waals surface area contributed by atoms with Gasteiger partial charge in [-0.05, 0) is 39.0 Å². The number of nitrogens with two attached hydrogens (primary N) is 1. The summed E-state index contributed by atoms with van der Waals surface area (Å²) in [5.74, 6) is 1.87. The lowest BCUT2D eigenvalue weighted by atomic mass is 9.93. The molecule has 0 aliphatic heterocycles. The Labute approximate surface area is 126 Å². The fraction of sp³-hybridized carbons (Fsp3) is 0.875. The van der Waals surface area contributed by atoms with Crippen molar-refractivity contribution in [2.45, 2.75) is 82.3 Å². The predicted octanol–water partition coefficient (Wildman–Crippen LogP) is 3.25. The van der Waals surface area contributed by atoms with Crippen LogP contribution >= 0.6 is 0 Å². The van der Waals surface area contributed by atoms with Gasteiger partial charge < -0.3 is 15.0 Å². The highest BCUT2D eigenvalue weighted by Gasteiger charge is 2.39. The second-order valence-electron chi connectivity index (χ2n) is 6.57. The molecular weight excluding hydrogens is 266 g/mol. The van der Waals surface area contributed by atoms with E-state index in [9.17, 15) is 0 Å². The number of ether oxygens (including phenoxy) is 1. The van der Waals surface area contributed by atoms with E-state index in [4.69, 9.17) is 20.0 Å². The minimum Gasteiger partial charge on any atom is -0.367 e. The molecule has 2 atom stereocenters. The topological polar surface area (TPSA) is 74.2 Å². The second kappa shape index (κ2) is 6.44. The Morgan fingerprint density at radius 1 is 1.24 bits per heavy atom. The maximum absolute atomic E-state index is 6.12. The van der Waals surface area contributed by atoms with Crippen LogP contribution in [0.1, 0.15) is 82.3 Å². The minimum absolute atomic E-state index is 0.282. The number of hydrogen-bond acceptors (Lipinski definition) is 5. The summed E-state index contributed by atoms with van der Waals surface area (Å²) in [4.78, 5) is 4.72. The third-order valence-electron chi connectivity index (χ3n) is 5.00. The molecule has 0 aromatic carbocycles. The average Bonchev–Trinajstić information content (AvgIpc) is 3.06. The largest absolute Gasteiger partial charge is 0.367 e. The van der Waals surface area contributed by atoms with E-state index in [0.717, 1.165) is 43.8 Å². The summed E-state index contributed by atoms with van der Waals surface area (Å²) in [6, 6.07) is 0.282. The summed E-state index contributed by atoms with van der Waals surface area (Å²) in [6.07, 6.45) is 9.99. The van der Waals surface area contributed by atoms with Crippen LogP contribution in [0, 0.1) is 0 Å². The molecule has 0 amide bonds. The summed E-state index contributed by atoms with van der Waals surface area (Å²) in [6.45, 7) is 2.74. The van der Waals surface area contributed by atoms with Crippen molar-refractivity contribution in [3.05, 3.63) is 11.7 Å². The molecular formula is C16H27N3O2. The van der Waals surface area contributed by atoms with Crippen LogP contribution in [0.3, 0.4) is 0 Å². The molecule has 0 spiro atoms. The molecule has 0 saturated heterocycles. The molecule has 21 heavy (non-hydrogen) atoms. The van der Waals surface area contributed by atoms with Crippen molar-refractivity contribution in [2.24, 2.45) is 5.73 Å². The van der Waals surface area contributed by atoms with E-state index in [2.05, 4.69) is 5.16 Å². The van der Waals surface area contributed by atoms with Gasteiger partial charge >= 0.3 is 0 Å². The Morgan fingerprint density at radius 3 is 2.62 bits per heavy atom. The van der Waals surface area contributed by atoms with Crippen LogP contribution in [0.4, 0.5) is 0 Å². The minimum atomic E-state index is -0.326. The van der Waals surface area contributed by atoms with Crippen LogP contribution in [-0.2, 0) is 10.3 Å². The second-order valence-corrected chi connectivity index (χ2v) is 6.57. The van der Waals surface area contributed by atoms with Gasteiger partial charge in [0, 0.05) is 18.6 Å². The molecule has 1 heterocycles. The first-order valence-electron chi connectivity index (χ1n) is 8.47. The van der Waals surface area contributed by atoms with E-state index in [-0.39, 0.29) is 11.6 Å². The van der Waals surface area contributed by atoms with Gasteiger partial charge in [-0.25, -0.2) is 0 Å². The first-order valence-corrected chi connectivity index (χ1v) is 8.47. The lowest BCUT2D eigenvalue weighted by molar-refractivity contribution is -0.0636. The maximum Gasteiger partial charge on any atom is 0.229 e. The SMILES string of the molecule is CCOC1(c2noc(C3CCC(N)C3)n2)CCCCCC1. The van der Waals surface area contributed by atoms with Crippen LogP contribution in [0.25, 0.3) is 0 Å². The molecule has 5 nitrogen and oxygen atoms in total. The zero-order chi connectivity index (χ0) is 14.7. The molecule has 3 rings (SSSR count). The van der Waals surface area contributed by atoms with Crippen molar-refractivity contribution in [1.82, 2.24) is 10.1 Å². The zero-order valence-electron chi connectivity index (χ0n) is 13.0. The van der Waals surface area contributed by atoms with Crippen molar-refractivity contribution in [3.8, 4) is 0 Å². The van der Waals surface area contributed by atoms with Crippen LogP contribution in [0.2, 0.25) is 0 Å². The van der Waals surface area contributed by atoms with E-state index in [1.54, 1.807) is 0 Å². The van der Waals surface area contributed by atoms with Crippen LogP contribution in [0.5, 0.6) is 0 Å². The van der Waals surface area contributed by atoms with E-state index in [1.807, 2.05) is 6.92 Å². The normalized spacial score (nSPS) is 29.4. The quantitative estimate of drug-likeness (QED) is 0.862. The van der Waals surface area contributed by atoms with Gasteiger partial charge in [0.1, 0.15) is 5.60 Å². The van der Waals surface area contributed by atoms with Crippen LogP contribution in [0.15, 0.2) is 4.52 Å². The molecule has 118 valence electrons. The van der Waals surface area contributed by atoms with Gasteiger partial charge in [-0.3, -0.25) is 0 Å². The van der Waals surface area contributed by atoms with Crippen molar-refractivity contribution in [2.75, 3.05) is 6.61 Å². The van der Waals surface area contributed by atoms with Crippen LogP contribution < -0.4 is 5.73 Å². The Hall–Kier alpha value is -0.940. The molecule has 1 aromatic rings. The van der Waals surface area contributed by atoms with E-state index in [1.165, 1.54) is 25.7 Å². The molecule has 1 aromatic heterocycles. The summed E-state index contributed by atoms with van der Waals surface area (Å²) >= 11 is 0. The molecule has 2 N–H and O–H groups in total. The highest BCUT2D eigenvalue weighted by Crippen LogP contribution is 2.39. The van der Waals surface area contributed by atoms with Gasteiger partial charge in [-0.2, -0.15) is 4.98 Å².